The van der Waals surface area contributed by atoms with E-state index in [0.717, 1.165) is 31.6 Å². The van der Waals surface area contributed by atoms with Crippen molar-refractivity contribution in [1.82, 2.24) is 14.7 Å². The molecule has 5 heteroatoms. The van der Waals surface area contributed by atoms with Crippen molar-refractivity contribution >= 4 is 5.97 Å². The topological polar surface area (TPSA) is 58.4 Å². The van der Waals surface area contributed by atoms with E-state index < -0.39 is 5.97 Å². The van der Waals surface area contributed by atoms with Gasteiger partial charge in [0, 0.05) is 19.0 Å². The number of carboxylic acid groups (broad SMARTS) is 1. The molecule has 0 amide bonds. The van der Waals surface area contributed by atoms with Crippen LogP contribution in [0.4, 0.5) is 0 Å². The first-order valence-electron chi connectivity index (χ1n) is 6.11. The first kappa shape index (κ1) is 12.1. The van der Waals surface area contributed by atoms with E-state index in [1.165, 1.54) is 0 Å². The summed E-state index contributed by atoms with van der Waals surface area (Å²) in [6.45, 7) is 4.61. The molecule has 17 heavy (non-hydrogen) atoms. The Labute approximate surface area is 101 Å². The molecule has 0 aromatic carbocycles. The summed E-state index contributed by atoms with van der Waals surface area (Å²) in [4.78, 5) is 13.3. The summed E-state index contributed by atoms with van der Waals surface area (Å²) in [7, 11) is 2.10. The van der Waals surface area contributed by atoms with E-state index in [9.17, 15) is 4.79 Å². The molecular weight excluding hydrogens is 218 g/mol. The summed E-state index contributed by atoms with van der Waals surface area (Å²) < 4.78 is 1.58. The van der Waals surface area contributed by atoms with E-state index in [4.69, 9.17) is 5.11 Å². The Morgan fingerprint density at radius 1 is 1.65 bits per heavy atom. The molecule has 0 saturated carbocycles. The average molecular weight is 237 g/mol. The number of nitrogens with zero attached hydrogens (tertiary/aromatic N) is 3. The second kappa shape index (κ2) is 4.87. The lowest BCUT2D eigenvalue weighted by molar-refractivity contribution is 0.0683. The molecule has 5 nitrogen and oxygen atoms in total. The fourth-order valence-electron chi connectivity index (χ4n) is 2.46. The van der Waals surface area contributed by atoms with E-state index in [-0.39, 0.29) is 0 Å². The molecule has 0 radical (unpaired) electrons. The molecule has 1 aromatic heterocycles. The number of rotatable bonds is 3. The van der Waals surface area contributed by atoms with Crippen molar-refractivity contribution in [3.63, 3.8) is 0 Å². The summed E-state index contributed by atoms with van der Waals surface area (Å²) in [5, 5.41) is 13.5. The van der Waals surface area contributed by atoms with Crippen LogP contribution in [0.25, 0.3) is 0 Å². The molecule has 94 valence electrons. The van der Waals surface area contributed by atoms with Gasteiger partial charge in [-0.1, -0.05) is 0 Å². The normalized spacial score (nSPS) is 21.6. The van der Waals surface area contributed by atoms with Crippen LogP contribution in [-0.2, 0) is 6.54 Å². The predicted octanol–water partition coefficient (Wildman–Crippen LogP) is 1.41. The molecule has 0 spiro atoms. The summed E-state index contributed by atoms with van der Waals surface area (Å²) in [6.07, 6.45) is 2.26. The zero-order valence-corrected chi connectivity index (χ0v) is 10.4. The van der Waals surface area contributed by atoms with Crippen LogP contribution in [0.1, 0.15) is 41.9 Å². The number of carboxylic acids is 1. The van der Waals surface area contributed by atoms with Crippen molar-refractivity contribution in [1.29, 1.82) is 0 Å². The van der Waals surface area contributed by atoms with E-state index in [1.54, 1.807) is 10.7 Å². The van der Waals surface area contributed by atoms with Gasteiger partial charge in [-0.05, 0) is 39.4 Å². The molecule has 1 aliphatic heterocycles. The minimum Gasteiger partial charge on any atom is -0.477 e. The number of hydrogen-bond donors (Lipinski definition) is 1. The van der Waals surface area contributed by atoms with E-state index in [1.807, 2.05) is 6.92 Å². The number of likely N-dealkylation sites (tertiary alicyclic amines) is 1. The Bertz CT molecular complexity index is 414. The van der Waals surface area contributed by atoms with E-state index in [0.29, 0.717) is 18.2 Å². The van der Waals surface area contributed by atoms with Crippen molar-refractivity contribution in [3.8, 4) is 0 Å². The highest BCUT2D eigenvalue weighted by Crippen LogP contribution is 2.25. The van der Waals surface area contributed by atoms with Crippen molar-refractivity contribution in [2.24, 2.45) is 0 Å². The molecule has 1 atom stereocenters. The van der Waals surface area contributed by atoms with Crippen LogP contribution in [0.3, 0.4) is 0 Å². The lowest BCUT2D eigenvalue weighted by atomic mass is 9.95. The molecule has 1 aliphatic rings. The standard InChI is InChI=1S/C12H19N3O2/c1-3-15-11(12(16)17)7-10(13-15)9-5-4-6-14(2)8-9/h7,9H,3-6,8H2,1-2H3,(H,16,17). The smallest absolute Gasteiger partial charge is 0.354 e. The van der Waals surface area contributed by atoms with Crippen molar-refractivity contribution in [3.05, 3.63) is 17.5 Å². The molecule has 0 bridgehead atoms. The second-order valence-electron chi connectivity index (χ2n) is 4.68. The number of hydrogen-bond acceptors (Lipinski definition) is 3. The Morgan fingerprint density at radius 2 is 2.41 bits per heavy atom. The van der Waals surface area contributed by atoms with Gasteiger partial charge in [0.1, 0.15) is 5.69 Å². The van der Waals surface area contributed by atoms with Crippen LogP contribution in [0, 0.1) is 0 Å². The van der Waals surface area contributed by atoms with Crippen molar-refractivity contribution in [2.45, 2.75) is 32.2 Å². The Morgan fingerprint density at radius 3 is 2.94 bits per heavy atom. The van der Waals surface area contributed by atoms with Gasteiger partial charge >= 0.3 is 5.97 Å². The Balaban J connectivity index is 2.23. The molecule has 0 aliphatic carbocycles. The Hall–Kier alpha value is -1.36. The molecule has 1 fully saturated rings. The quantitative estimate of drug-likeness (QED) is 0.863. The van der Waals surface area contributed by atoms with Gasteiger partial charge in [0.15, 0.2) is 0 Å². The van der Waals surface area contributed by atoms with Gasteiger partial charge in [0.25, 0.3) is 0 Å². The predicted molar refractivity (Wildman–Crippen MR) is 64.3 cm³/mol. The third-order valence-corrected chi connectivity index (χ3v) is 3.36. The number of aromatic carboxylic acids is 1. The highest BCUT2D eigenvalue weighted by Gasteiger charge is 2.23. The second-order valence-corrected chi connectivity index (χ2v) is 4.68. The highest BCUT2D eigenvalue weighted by atomic mass is 16.4. The Kier molecular flexibility index (Phi) is 3.47. The fraction of sp³-hybridized carbons (Fsp3) is 0.667. The van der Waals surface area contributed by atoms with Crippen LogP contribution in [0.5, 0.6) is 0 Å². The lowest BCUT2D eigenvalue weighted by Crippen LogP contribution is -2.31. The maximum Gasteiger partial charge on any atom is 0.354 e. The monoisotopic (exact) mass is 237 g/mol. The number of aromatic nitrogens is 2. The lowest BCUT2D eigenvalue weighted by Gasteiger charge is -2.28. The summed E-state index contributed by atoms with van der Waals surface area (Å²) >= 11 is 0. The first-order chi connectivity index (χ1) is 8.11. The van der Waals surface area contributed by atoms with Crippen LogP contribution in [-0.4, -0.2) is 45.9 Å². The SMILES string of the molecule is CCn1nc(C2CCCN(C)C2)cc1C(=O)O. The van der Waals surface area contributed by atoms with Gasteiger partial charge in [-0.15, -0.1) is 0 Å². The van der Waals surface area contributed by atoms with Gasteiger partial charge in [-0.3, -0.25) is 4.68 Å². The highest BCUT2D eigenvalue weighted by molar-refractivity contribution is 5.85. The van der Waals surface area contributed by atoms with Crippen LogP contribution in [0.2, 0.25) is 0 Å². The van der Waals surface area contributed by atoms with Crippen LogP contribution in [0.15, 0.2) is 6.07 Å². The third-order valence-electron chi connectivity index (χ3n) is 3.36. The largest absolute Gasteiger partial charge is 0.477 e. The number of carbonyl (C=O) groups is 1. The van der Waals surface area contributed by atoms with Gasteiger partial charge in [-0.2, -0.15) is 5.10 Å². The third kappa shape index (κ3) is 2.49. The van der Waals surface area contributed by atoms with Crippen molar-refractivity contribution < 1.29 is 9.90 Å². The molecule has 1 unspecified atom stereocenters. The van der Waals surface area contributed by atoms with Gasteiger partial charge in [0.05, 0.1) is 5.69 Å². The van der Waals surface area contributed by atoms with Crippen LogP contribution >= 0.6 is 0 Å². The van der Waals surface area contributed by atoms with Gasteiger partial charge in [-0.25, -0.2) is 4.79 Å². The zero-order valence-electron chi connectivity index (χ0n) is 10.4. The van der Waals surface area contributed by atoms with Gasteiger partial charge in [0.2, 0.25) is 0 Å². The number of likely N-dealkylation sites (N-methyl/N-ethyl adjacent to an activating group) is 1. The van der Waals surface area contributed by atoms with E-state index in [2.05, 4.69) is 17.0 Å². The number of piperidine rings is 1. The number of aryl methyl sites for hydroxylation is 1. The fourth-order valence-corrected chi connectivity index (χ4v) is 2.46. The molecule has 2 heterocycles. The summed E-state index contributed by atoms with van der Waals surface area (Å²) in [5.74, 6) is -0.519. The molecule has 1 aromatic rings. The molecule has 1 N–H and O–H groups in total. The van der Waals surface area contributed by atoms with Crippen LogP contribution < -0.4 is 0 Å². The maximum absolute atomic E-state index is 11.1. The van der Waals surface area contributed by atoms with E-state index >= 15 is 0 Å². The minimum absolute atomic E-state index is 0.302. The minimum atomic E-state index is -0.894. The summed E-state index contributed by atoms with van der Waals surface area (Å²) in [6, 6.07) is 1.73. The molecule has 2 rings (SSSR count). The first-order valence-corrected chi connectivity index (χ1v) is 6.11. The average Bonchev–Trinajstić information content (AvgIpc) is 2.73. The molecule has 1 saturated heterocycles. The summed E-state index contributed by atoms with van der Waals surface area (Å²) in [5.41, 5.74) is 1.23. The molecular formula is C12H19N3O2. The zero-order chi connectivity index (χ0) is 12.4. The maximum atomic E-state index is 11.1. The van der Waals surface area contributed by atoms with Crippen molar-refractivity contribution in [2.75, 3.05) is 20.1 Å². The van der Waals surface area contributed by atoms with Gasteiger partial charge < -0.3 is 10.0 Å².